The summed E-state index contributed by atoms with van der Waals surface area (Å²) in [5.74, 6) is -2.91. The van der Waals surface area contributed by atoms with Crippen molar-refractivity contribution in [1.82, 2.24) is 0 Å². The molecule has 1 amide bonds. The first kappa shape index (κ1) is 13.1. The summed E-state index contributed by atoms with van der Waals surface area (Å²) in [6.45, 7) is 1.54. The highest BCUT2D eigenvalue weighted by Gasteiger charge is 2.15. The van der Waals surface area contributed by atoms with E-state index >= 15 is 0 Å². The third-order valence-electron chi connectivity index (χ3n) is 2.63. The Morgan fingerprint density at radius 1 is 1.05 bits per heavy atom. The number of aryl methyl sites for hydroxylation is 1. The van der Waals surface area contributed by atoms with Crippen LogP contribution in [0.5, 0.6) is 0 Å². The highest BCUT2D eigenvalue weighted by atomic mass is 19.1. The Balaban J connectivity index is 2.31. The number of carbonyl (C=O) groups is 1. The molecule has 0 aliphatic rings. The number of carbonyl (C=O) groups excluding carboxylic acids is 1. The van der Waals surface area contributed by atoms with Gasteiger partial charge in [0.2, 0.25) is 0 Å². The zero-order valence-corrected chi connectivity index (χ0v) is 10.0. The van der Waals surface area contributed by atoms with E-state index in [4.69, 9.17) is 0 Å². The Morgan fingerprint density at radius 3 is 2.26 bits per heavy atom. The third kappa shape index (κ3) is 2.76. The minimum absolute atomic E-state index is 0.157. The SMILES string of the molecule is Cc1cc(F)ccc1C(=O)Nc1c(F)cccc1F. The van der Waals surface area contributed by atoms with Crippen LogP contribution in [0.25, 0.3) is 0 Å². The molecule has 0 atom stereocenters. The van der Waals surface area contributed by atoms with E-state index in [0.29, 0.717) is 5.56 Å². The molecule has 98 valence electrons. The summed E-state index contributed by atoms with van der Waals surface area (Å²) < 4.78 is 39.7. The van der Waals surface area contributed by atoms with E-state index in [-0.39, 0.29) is 5.56 Å². The molecule has 2 nitrogen and oxygen atoms in total. The van der Waals surface area contributed by atoms with Gasteiger partial charge in [-0.05, 0) is 42.8 Å². The normalized spacial score (nSPS) is 10.3. The van der Waals surface area contributed by atoms with Crippen molar-refractivity contribution in [1.29, 1.82) is 0 Å². The predicted molar refractivity (Wildman–Crippen MR) is 65.4 cm³/mol. The number of para-hydroxylation sites is 1. The van der Waals surface area contributed by atoms with Crippen LogP contribution >= 0.6 is 0 Å². The minimum atomic E-state index is -0.867. The highest BCUT2D eigenvalue weighted by molar-refractivity contribution is 6.05. The van der Waals surface area contributed by atoms with E-state index in [9.17, 15) is 18.0 Å². The summed E-state index contributed by atoms with van der Waals surface area (Å²) in [4.78, 5) is 11.9. The average molecular weight is 265 g/mol. The molecular formula is C14H10F3NO. The van der Waals surface area contributed by atoms with Crippen LogP contribution in [0.15, 0.2) is 36.4 Å². The lowest BCUT2D eigenvalue weighted by molar-refractivity contribution is 0.102. The molecule has 0 aliphatic carbocycles. The number of rotatable bonds is 2. The molecule has 0 radical (unpaired) electrons. The number of anilines is 1. The highest BCUT2D eigenvalue weighted by Crippen LogP contribution is 2.20. The molecule has 0 unspecified atom stereocenters. The van der Waals surface area contributed by atoms with Crippen LogP contribution < -0.4 is 5.32 Å². The lowest BCUT2D eigenvalue weighted by Crippen LogP contribution is -2.15. The van der Waals surface area contributed by atoms with Crippen molar-refractivity contribution in [2.75, 3.05) is 5.32 Å². The molecule has 2 aromatic carbocycles. The van der Waals surface area contributed by atoms with Crippen LogP contribution in [0.2, 0.25) is 0 Å². The maximum atomic E-state index is 13.4. The van der Waals surface area contributed by atoms with Gasteiger partial charge in [0.1, 0.15) is 23.1 Å². The van der Waals surface area contributed by atoms with Gasteiger partial charge in [-0.3, -0.25) is 4.79 Å². The van der Waals surface area contributed by atoms with Gasteiger partial charge in [0.15, 0.2) is 0 Å². The van der Waals surface area contributed by atoms with Gasteiger partial charge in [-0.25, -0.2) is 13.2 Å². The molecule has 19 heavy (non-hydrogen) atoms. The molecule has 1 N–H and O–H groups in total. The lowest BCUT2D eigenvalue weighted by Gasteiger charge is -2.09. The fourth-order valence-electron chi connectivity index (χ4n) is 1.68. The number of halogens is 3. The molecular weight excluding hydrogens is 255 g/mol. The molecule has 0 heterocycles. The maximum absolute atomic E-state index is 13.4. The summed E-state index contributed by atoms with van der Waals surface area (Å²) in [5, 5.41) is 2.14. The van der Waals surface area contributed by atoms with Crippen molar-refractivity contribution < 1.29 is 18.0 Å². The largest absolute Gasteiger partial charge is 0.317 e. The van der Waals surface area contributed by atoms with Crippen molar-refractivity contribution in [2.45, 2.75) is 6.92 Å². The second-order valence-electron chi connectivity index (χ2n) is 4.01. The minimum Gasteiger partial charge on any atom is -0.317 e. The second kappa shape index (κ2) is 5.14. The molecule has 0 aliphatic heterocycles. The second-order valence-corrected chi connectivity index (χ2v) is 4.01. The molecule has 0 saturated heterocycles. The van der Waals surface area contributed by atoms with Gasteiger partial charge < -0.3 is 5.32 Å². The maximum Gasteiger partial charge on any atom is 0.256 e. The van der Waals surface area contributed by atoms with E-state index in [1.54, 1.807) is 0 Å². The molecule has 0 fully saturated rings. The van der Waals surface area contributed by atoms with Gasteiger partial charge in [-0.15, -0.1) is 0 Å². The summed E-state index contributed by atoms with van der Waals surface area (Å²) >= 11 is 0. The molecule has 2 rings (SSSR count). The summed E-state index contributed by atoms with van der Waals surface area (Å²) in [7, 11) is 0. The van der Waals surface area contributed by atoms with Crippen LogP contribution in [-0.2, 0) is 0 Å². The van der Waals surface area contributed by atoms with Crippen LogP contribution in [0.1, 0.15) is 15.9 Å². The number of nitrogens with one attached hydrogen (secondary N) is 1. The quantitative estimate of drug-likeness (QED) is 0.882. The van der Waals surface area contributed by atoms with Crippen molar-refractivity contribution in [3.63, 3.8) is 0 Å². The van der Waals surface area contributed by atoms with E-state index in [0.717, 1.165) is 18.2 Å². The topological polar surface area (TPSA) is 29.1 Å². The number of benzene rings is 2. The zero-order valence-electron chi connectivity index (χ0n) is 10.0. The molecule has 5 heteroatoms. The van der Waals surface area contributed by atoms with Gasteiger partial charge in [0.05, 0.1) is 0 Å². The van der Waals surface area contributed by atoms with Crippen LogP contribution in [-0.4, -0.2) is 5.91 Å². The molecule has 0 aromatic heterocycles. The molecule has 0 saturated carbocycles. The van der Waals surface area contributed by atoms with E-state index < -0.39 is 29.0 Å². The zero-order chi connectivity index (χ0) is 14.0. The monoisotopic (exact) mass is 265 g/mol. The van der Waals surface area contributed by atoms with E-state index in [2.05, 4.69) is 5.32 Å². The lowest BCUT2D eigenvalue weighted by atomic mass is 10.1. The first-order valence-corrected chi connectivity index (χ1v) is 5.50. The van der Waals surface area contributed by atoms with Crippen LogP contribution in [0.3, 0.4) is 0 Å². The predicted octanol–water partition coefficient (Wildman–Crippen LogP) is 3.66. The van der Waals surface area contributed by atoms with Crippen LogP contribution in [0.4, 0.5) is 18.9 Å². The van der Waals surface area contributed by atoms with Crippen molar-refractivity contribution in [2.24, 2.45) is 0 Å². The van der Waals surface area contributed by atoms with E-state index in [1.165, 1.54) is 25.1 Å². The van der Waals surface area contributed by atoms with Gasteiger partial charge in [-0.2, -0.15) is 0 Å². The van der Waals surface area contributed by atoms with Crippen molar-refractivity contribution in [3.8, 4) is 0 Å². The first-order chi connectivity index (χ1) is 8.99. The van der Waals surface area contributed by atoms with Gasteiger partial charge >= 0.3 is 0 Å². The van der Waals surface area contributed by atoms with E-state index in [1.807, 2.05) is 0 Å². The molecule has 0 spiro atoms. The Labute approximate surface area is 107 Å². The average Bonchev–Trinajstić information content (AvgIpc) is 2.33. The Bertz CT molecular complexity index is 620. The number of amides is 1. The summed E-state index contributed by atoms with van der Waals surface area (Å²) in [6.07, 6.45) is 0. The number of hydrogen-bond acceptors (Lipinski definition) is 1. The molecule has 0 bridgehead atoms. The standard InChI is InChI=1S/C14H10F3NO/c1-8-7-9(15)5-6-10(8)14(19)18-13-11(16)3-2-4-12(13)17/h2-7H,1H3,(H,18,19). The third-order valence-corrected chi connectivity index (χ3v) is 2.63. The Hall–Kier alpha value is -2.30. The summed E-state index contributed by atoms with van der Waals surface area (Å²) in [5.41, 5.74) is 0.0227. The van der Waals surface area contributed by atoms with Crippen LogP contribution in [0, 0.1) is 24.4 Å². The van der Waals surface area contributed by atoms with Gasteiger partial charge in [0.25, 0.3) is 5.91 Å². The van der Waals surface area contributed by atoms with Gasteiger partial charge in [-0.1, -0.05) is 6.07 Å². The number of hydrogen-bond donors (Lipinski definition) is 1. The fraction of sp³-hybridized carbons (Fsp3) is 0.0714. The Kier molecular flexibility index (Phi) is 3.55. The van der Waals surface area contributed by atoms with Crippen molar-refractivity contribution >= 4 is 11.6 Å². The fourth-order valence-corrected chi connectivity index (χ4v) is 1.68. The smallest absolute Gasteiger partial charge is 0.256 e. The summed E-state index contributed by atoms with van der Waals surface area (Å²) in [6, 6.07) is 6.82. The Morgan fingerprint density at radius 2 is 1.68 bits per heavy atom. The van der Waals surface area contributed by atoms with Crippen molar-refractivity contribution in [3.05, 3.63) is 65.0 Å². The first-order valence-electron chi connectivity index (χ1n) is 5.50. The van der Waals surface area contributed by atoms with Gasteiger partial charge in [0, 0.05) is 5.56 Å². The molecule has 2 aromatic rings.